The quantitative estimate of drug-likeness (QED) is 0.739. The Kier molecular flexibility index (Phi) is 5.48. The number of benzene rings is 1. The maximum atomic E-state index is 5.81. The van der Waals surface area contributed by atoms with Crippen LogP contribution >= 0.6 is 0 Å². The Balaban J connectivity index is 2.01. The molecule has 1 aromatic carbocycles. The highest BCUT2D eigenvalue weighted by Crippen LogP contribution is 2.28. The van der Waals surface area contributed by atoms with Gasteiger partial charge in [-0.2, -0.15) is 0 Å². The molecule has 1 aliphatic heterocycles. The summed E-state index contributed by atoms with van der Waals surface area (Å²) in [4.78, 5) is 0. The van der Waals surface area contributed by atoms with Crippen molar-refractivity contribution in [2.75, 3.05) is 26.9 Å². The lowest BCUT2D eigenvalue weighted by Gasteiger charge is -2.14. The highest BCUT2D eigenvalue weighted by molar-refractivity contribution is 5.43. The molecule has 19 heavy (non-hydrogen) atoms. The largest absolute Gasteiger partial charge is 0.493 e. The zero-order valence-corrected chi connectivity index (χ0v) is 11.9. The van der Waals surface area contributed by atoms with Crippen LogP contribution in [0.15, 0.2) is 18.2 Å². The fourth-order valence-corrected chi connectivity index (χ4v) is 2.25. The monoisotopic (exact) mass is 264 g/mol. The predicted octanol–water partition coefficient (Wildman–Crippen LogP) is 1.94. The molecule has 0 saturated carbocycles. The van der Waals surface area contributed by atoms with Crippen LogP contribution in [-0.4, -0.2) is 33.0 Å². The minimum absolute atomic E-state index is 0.511. The second-order valence-electron chi connectivity index (χ2n) is 4.92. The predicted molar refractivity (Wildman–Crippen MR) is 76.9 cm³/mol. The van der Waals surface area contributed by atoms with Crippen LogP contribution in [-0.2, 0) is 6.42 Å². The molecule has 1 saturated heterocycles. The lowest BCUT2D eigenvalue weighted by Crippen LogP contribution is -2.25. The maximum Gasteiger partial charge on any atom is 0.161 e. The molecule has 1 aromatic rings. The average Bonchev–Trinajstić information content (AvgIpc) is 2.92. The lowest BCUT2D eigenvalue weighted by atomic mass is 10.1. The summed E-state index contributed by atoms with van der Waals surface area (Å²) < 4.78 is 11.2. The van der Waals surface area contributed by atoms with Crippen molar-refractivity contribution in [1.82, 2.24) is 10.6 Å². The van der Waals surface area contributed by atoms with Crippen molar-refractivity contribution < 1.29 is 9.47 Å². The molecule has 106 valence electrons. The first-order valence-corrected chi connectivity index (χ1v) is 7.07. The van der Waals surface area contributed by atoms with E-state index in [4.69, 9.17) is 9.47 Å². The normalized spacial score (nSPS) is 18.5. The molecule has 4 heteroatoms. The van der Waals surface area contributed by atoms with Crippen LogP contribution in [0, 0.1) is 0 Å². The second-order valence-corrected chi connectivity index (χ2v) is 4.92. The van der Waals surface area contributed by atoms with E-state index in [9.17, 15) is 0 Å². The molecule has 0 aliphatic carbocycles. The maximum absolute atomic E-state index is 5.81. The summed E-state index contributed by atoms with van der Waals surface area (Å²) in [5.41, 5.74) is 1.29. The van der Waals surface area contributed by atoms with Crippen molar-refractivity contribution in [2.24, 2.45) is 0 Å². The van der Waals surface area contributed by atoms with Gasteiger partial charge >= 0.3 is 0 Å². The van der Waals surface area contributed by atoms with Gasteiger partial charge in [-0.15, -0.1) is 0 Å². The Labute approximate surface area is 115 Å². The lowest BCUT2D eigenvalue weighted by molar-refractivity contribution is 0.288. The van der Waals surface area contributed by atoms with Crippen molar-refractivity contribution in [3.05, 3.63) is 23.8 Å². The fourth-order valence-electron chi connectivity index (χ4n) is 2.25. The van der Waals surface area contributed by atoms with E-state index in [1.807, 2.05) is 6.07 Å². The Bertz CT molecular complexity index is 390. The van der Waals surface area contributed by atoms with Crippen molar-refractivity contribution >= 4 is 0 Å². The first-order valence-electron chi connectivity index (χ1n) is 7.07. The van der Waals surface area contributed by atoms with E-state index in [0.29, 0.717) is 6.04 Å². The Morgan fingerprint density at radius 2 is 2.21 bits per heavy atom. The van der Waals surface area contributed by atoms with Crippen LogP contribution < -0.4 is 20.1 Å². The van der Waals surface area contributed by atoms with Crippen LogP contribution in [0.25, 0.3) is 0 Å². The van der Waals surface area contributed by atoms with Gasteiger partial charge < -0.3 is 20.1 Å². The third kappa shape index (κ3) is 4.11. The number of ether oxygens (including phenoxy) is 2. The number of methoxy groups -OCH3 is 1. The fraction of sp³-hybridized carbons (Fsp3) is 0.600. The zero-order chi connectivity index (χ0) is 13.5. The van der Waals surface area contributed by atoms with E-state index >= 15 is 0 Å². The van der Waals surface area contributed by atoms with Crippen LogP contribution in [0.1, 0.15) is 25.3 Å². The van der Waals surface area contributed by atoms with Gasteiger partial charge in [0, 0.05) is 19.3 Å². The first-order chi connectivity index (χ1) is 9.33. The minimum atomic E-state index is 0.511. The summed E-state index contributed by atoms with van der Waals surface area (Å²) in [5.74, 6) is 1.68. The summed E-state index contributed by atoms with van der Waals surface area (Å²) in [6.45, 7) is 4.84. The molecule has 1 heterocycles. The molecule has 1 aliphatic rings. The molecule has 0 spiro atoms. The van der Waals surface area contributed by atoms with Gasteiger partial charge in [-0.1, -0.05) is 19.4 Å². The highest BCUT2D eigenvalue weighted by atomic mass is 16.5. The van der Waals surface area contributed by atoms with Gasteiger partial charge in [-0.25, -0.2) is 0 Å². The summed E-state index contributed by atoms with van der Waals surface area (Å²) in [6, 6.07) is 6.73. The summed E-state index contributed by atoms with van der Waals surface area (Å²) in [7, 11) is 1.68. The summed E-state index contributed by atoms with van der Waals surface area (Å²) >= 11 is 0. The molecule has 2 N–H and O–H groups in total. The van der Waals surface area contributed by atoms with E-state index in [2.05, 4.69) is 29.7 Å². The molecule has 2 rings (SSSR count). The van der Waals surface area contributed by atoms with Crippen molar-refractivity contribution in [3.8, 4) is 11.5 Å². The van der Waals surface area contributed by atoms with Crippen LogP contribution in [0.5, 0.6) is 11.5 Å². The van der Waals surface area contributed by atoms with Gasteiger partial charge in [0.15, 0.2) is 11.5 Å². The van der Waals surface area contributed by atoms with E-state index in [-0.39, 0.29) is 0 Å². The zero-order valence-electron chi connectivity index (χ0n) is 11.9. The second kappa shape index (κ2) is 7.36. The molecule has 0 radical (unpaired) electrons. The van der Waals surface area contributed by atoms with Gasteiger partial charge in [0.2, 0.25) is 0 Å². The van der Waals surface area contributed by atoms with Crippen LogP contribution in [0.3, 0.4) is 0 Å². The average molecular weight is 264 g/mol. The molecule has 1 atom stereocenters. The number of nitrogens with one attached hydrogen (secondary N) is 2. The molecule has 0 aromatic heterocycles. The Morgan fingerprint density at radius 3 is 2.89 bits per heavy atom. The molecule has 1 unspecified atom stereocenters. The number of hydrogen-bond donors (Lipinski definition) is 2. The Hall–Kier alpha value is -1.26. The molecule has 4 nitrogen and oxygen atoms in total. The summed E-state index contributed by atoms with van der Waals surface area (Å²) in [6.07, 6.45) is 3.22. The Morgan fingerprint density at radius 1 is 1.32 bits per heavy atom. The highest BCUT2D eigenvalue weighted by Gasteiger charge is 2.15. The minimum Gasteiger partial charge on any atom is -0.493 e. The van der Waals surface area contributed by atoms with E-state index in [1.165, 1.54) is 5.56 Å². The van der Waals surface area contributed by atoms with Gasteiger partial charge in [0.1, 0.15) is 0 Å². The third-order valence-electron chi connectivity index (χ3n) is 3.37. The smallest absolute Gasteiger partial charge is 0.161 e. The van der Waals surface area contributed by atoms with E-state index in [0.717, 1.165) is 50.6 Å². The van der Waals surface area contributed by atoms with Gasteiger partial charge in [0.25, 0.3) is 0 Å². The third-order valence-corrected chi connectivity index (χ3v) is 3.37. The van der Waals surface area contributed by atoms with Crippen molar-refractivity contribution in [2.45, 2.75) is 32.2 Å². The standard InChI is InChI=1S/C15H24N2O2/c1-3-4-7-19-15-9-12(5-6-14(15)18-2)8-13-10-16-11-17-13/h5-6,9,13,16-17H,3-4,7-8,10-11H2,1-2H3. The van der Waals surface area contributed by atoms with Gasteiger partial charge in [0.05, 0.1) is 13.7 Å². The van der Waals surface area contributed by atoms with E-state index < -0.39 is 0 Å². The van der Waals surface area contributed by atoms with Gasteiger partial charge in [-0.05, 0) is 30.5 Å². The molecular weight excluding hydrogens is 240 g/mol. The van der Waals surface area contributed by atoms with Crippen LogP contribution in [0.2, 0.25) is 0 Å². The van der Waals surface area contributed by atoms with Gasteiger partial charge in [-0.3, -0.25) is 0 Å². The molecule has 0 bridgehead atoms. The topological polar surface area (TPSA) is 42.5 Å². The van der Waals surface area contributed by atoms with Crippen LogP contribution in [0.4, 0.5) is 0 Å². The van der Waals surface area contributed by atoms with Crippen molar-refractivity contribution in [1.29, 1.82) is 0 Å². The first kappa shape index (κ1) is 14.2. The van der Waals surface area contributed by atoms with E-state index in [1.54, 1.807) is 7.11 Å². The number of rotatable bonds is 7. The molecule has 0 amide bonds. The number of hydrogen-bond acceptors (Lipinski definition) is 4. The molecule has 1 fully saturated rings. The number of unbranched alkanes of at least 4 members (excludes halogenated alkanes) is 1. The summed E-state index contributed by atoms with van der Waals surface area (Å²) in [5, 5.41) is 6.73. The van der Waals surface area contributed by atoms with Crippen molar-refractivity contribution in [3.63, 3.8) is 0 Å². The molecular formula is C15H24N2O2. The SMILES string of the molecule is CCCCOc1cc(CC2CNCN2)ccc1OC.